The van der Waals surface area contributed by atoms with Gasteiger partial charge in [-0.25, -0.2) is 0 Å². The SMILES string of the molecule is CC[C@H]1[C@@H]2C[C@H]3c4c(c5ccccc5n4C)[C@H]4O[C@H](O)C2C4N3[C@@H]1O. The molecule has 0 spiro atoms. The Morgan fingerprint density at radius 1 is 1.24 bits per heavy atom. The molecule has 0 saturated carbocycles. The summed E-state index contributed by atoms with van der Waals surface area (Å²) in [5, 5.41) is 23.0. The molecule has 0 aliphatic carbocycles. The average Bonchev–Trinajstić information content (AvgIpc) is 3.12. The van der Waals surface area contributed by atoms with Gasteiger partial charge in [-0.3, -0.25) is 4.90 Å². The molecule has 25 heavy (non-hydrogen) atoms. The Kier molecular flexibility index (Phi) is 2.74. The Bertz CT molecular complexity index is 877. The van der Waals surface area contributed by atoms with E-state index in [4.69, 9.17) is 4.74 Å². The van der Waals surface area contributed by atoms with E-state index in [1.807, 2.05) is 0 Å². The zero-order chi connectivity index (χ0) is 17.0. The van der Waals surface area contributed by atoms with Gasteiger partial charge in [0.15, 0.2) is 6.29 Å². The molecule has 4 fully saturated rings. The van der Waals surface area contributed by atoms with Crippen LogP contribution in [0.3, 0.4) is 0 Å². The third-order valence-electron chi connectivity index (χ3n) is 7.52. The van der Waals surface area contributed by atoms with Crippen molar-refractivity contribution in [3.63, 3.8) is 0 Å². The van der Waals surface area contributed by atoms with Gasteiger partial charge in [0.2, 0.25) is 0 Å². The molecule has 3 unspecified atom stereocenters. The standard InChI is InChI=1S/C20H24N2O3/c1-3-9-11-8-13-16-14(10-6-4-5-7-12(10)21(16)2)18-17(22(13)19(9)23)15(11)20(24)25-18/h4-7,9,11,13,15,17-20,23-24H,3,8H2,1-2H3/t9-,11-,13-,15?,17?,18+,19+,20-/m0/s1. The number of benzene rings is 1. The Morgan fingerprint density at radius 3 is 2.84 bits per heavy atom. The van der Waals surface area contributed by atoms with E-state index in [2.05, 4.69) is 47.7 Å². The molecular formula is C20H24N2O3. The highest BCUT2D eigenvalue weighted by molar-refractivity contribution is 5.86. The first-order valence-electron chi connectivity index (χ1n) is 9.49. The highest BCUT2D eigenvalue weighted by atomic mass is 16.6. The molecule has 4 bridgehead atoms. The number of aromatic nitrogens is 1. The highest BCUT2D eigenvalue weighted by Gasteiger charge is 2.66. The molecule has 5 nitrogen and oxygen atoms in total. The van der Waals surface area contributed by atoms with Crippen LogP contribution in [0, 0.1) is 17.8 Å². The number of rotatable bonds is 1. The summed E-state index contributed by atoms with van der Waals surface area (Å²) < 4.78 is 8.44. The van der Waals surface area contributed by atoms with Crippen molar-refractivity contribution < 1.29 is 14.9 Å². The van der Waals surface area contributed by atoms with Crippen molar-refractivity contribution in [3.05, 3.63) is 35.5 Å². The van der Waals surface area contributed by atoms with E-state index >= 15 is 0 Å². The predicted octanol–water partition coefficient (Wildman–Crippen LogP) is 2.29. The zero-order valence-corrected chi connectivity index (χ0v) is 14.5. The molecule has 2 aromatic rings. The van der Waals surface area contributed by atoms with Crippen LogP contribution in [0.5, 0.6) is 0 Å². The summed E-state index contributed by atoms with van der Waals surface area (Å²) in [5.41, 5.74) is 3.72. The summed E-state index contributed by atoms with van der Waals surface area (Å²) in [5.74, 6) is 0.665. The summed E-state index contributed by atoms with van der Waals surface area (Å²) >= 11 is 0. The van der Waals surface area contributed by atoms with Crippen molar-refractivity contribution in [3.8, 4) is 0 Å². The van der Waals surface area contributed by atoms with Gasteiger partial charge in [-0.2, -0.15) is 0 Å². The minimum absolute atomic E-state index is 0.0925. The number of para-hydroxylation sites is 1. The number of aliphatic hydroxyl groups is 2. The Hall–Kier alpha value is -1.40. The minimum Gasteiger partial charge on any atom is -0.378 e. The Labute approximate surface area is 146 Å². The second-order valence-electron chi connectivity index (χ2n) is 8.24. The van der Waals surface area contributed by atoms with Gasteiger partial charge in [0.05, 0.1) is 12.1 Å². The summed E-state index contributed by atoms with van der Waals surface area (Å²) in [6.45, 7) is 2.15. The molecule has 5 aliphatic rings. The van der Waals surface area contributed by atoms with Gasteiger partial charge in [0.25, 0.3) is 0 Å². The van der Waals surface area contributed by atoms with E-state index in [0.717, 1.165) is 12.8 Å². The second-order valence-corrected chi connectivity index (χ2v) is 8.24. The summed E-state index contributed by atoms with van der Waals surface area (Å²) in [6.07, 6.45) is 0.638. The molecule has 5 heteroatoms. The maximum absolute atomic E-state index is 11.1. The lowest BCUT2D eigenvalue weighted by atomic mass is 9.60. The molecule has 0 amide bonds. The Balaban J connectivity index is 1.65. The first kappa shape index (κ1) is 14.7. The quantitative estimate of drug-likeness (QED) is 0.836. The number of piperidine rings is 3. The van der Waals surface area contributed by atoms with Crippen LogP contribution >= 0.6 is 0 Å². The maximum Gasteiger partial charge on any atom is 0.160 e. The highest BCUT2D eigenvalue weighted by Crippen LogP contribution is 2.64. The fourth-order valence-corrected chi connectivity index (χ4v) is 6.67. The molecular weight excluding hydrogens is 316 g/mol. The second kappa shape index (κ2) is 4.65. The smallest absolute Gasteiger partial charge is 0.160 e. The van der Waals surface area contributed by atoms with Crippen LogP contribution in [0.4, 0.5) is 0 Å². The summed E-state index contributed by atoms with van der Waals surface area (Å²) in [4.78, 5) is 2.28. The van der Waals surface area contributed by atoms with Crippen molar-refractivity contribution in [2.45, 2.75) is 50.5 Å². The van der Waals surface area contributed by atoms with E-state index in [-0.39, 0.29) is 30.0 Å². The van der Waals surface area contributed by atoms with Crippen LogP contribution in [0.15, 0.2) is 24.3 Å². The average molecular weight is 340 g/mol. The number of aryl methyl sites for hydroxylation is 1. The van der Waals surface area contributed by atoms with E-state index in [9.17, 15) is 10.2 Å². The molecule has 4 saturated heterocycles. The number of ether oxygens (including phenoxy) is 1. The van der Waals surface area contributed by atoms with Gasteiger partial charge in [-0.15, -0.1) is 0 Å². The normalized spacial score (nSPS) is 46.6. The van der Waals surface area contributed by atoms with E-state index in [1.54, 1.807) is 0 Å². The first-order chi connectivity index (χ1) is 12.1. The van der Waals surface area contributed by atoms with Gasteiger partial charge in [-0.05, 0) is 24.8 Å². The van der Waals surface area contributed by atoms with Crippen molar-refractivity contribution in [2.24, 2.45) is 24.8 Å². The van der Waals surface area contributed by atoms with Crippen LogP contribution in [-0.4, -0.2) is 38.2 Å². The van der Waals surface area contributed by atoms with Gasteiger partial charge in [0.1, 0.15) is 12.3 Å². The number of aliphatic hydroxyl groups excluding tert-OH is 2. The summed E-state index contributed by atoms with van der Waals surface area (Å²) in [6, 6.07) is 8.78. The number of hydrogen-bond donors (Lipinski definition) is 2. The molecule has 1 aromatic heterocycles. The number of nitrogens with zero attached hydrogens (tertiary/aromatic N) is 2. The molecule has 5 aliphatic heterocycles. The molecule has 6 heterocycles. The van der Waals surface area contributed by atoms with Crippen molar-refractivity contribution >= 4 is 10.9 Å². The number of fused-ring (bicyclic) bond motifs is 5. The lowest BCUT2D eigenvalue weighted by molar-refractivity contribution is -0.219. The molecule has 1 aromatic carbocycles. The third-order valence-corrected chi connectivity index (χ3v) is 7.52. The van der Waals surface area contributed by atoms with E-state index in [0.29, 0.717) is 5.92 Å². The van der Waals surface area contributed by atoms with Crippen molar-refractivity contribution in [2.75, 3.05) is 0 Å². The Morgan fingerprint density at radius 2 is 2.04 bits per heavy atom. The molecule has 9 atom stereocenters. The van der Waals surface area contributed by atoms with Crippen LogP contribution in [-0.2, 0) is 11.8 Å². The van der Waals surface area contributed by atoms with E-state index < -0.39 is 12.5 Å². The minimum atomic E-state index is -0.727. The van der Waals surface area contributed by atoms with Crippen molar-refractivity contribution in [1.29, 1.82) is 0 Å². The fourth-order valence-electron chi connectivity index (χ4n) is 6.67. The molecule has 0 radical (unpaired) electrons. The van der Waals surface area contributed by atoms with Gasteiger partial charge < -0.3 is 19.5 Å². The molecule has 132 valence electrons. The van der Waals surface area contributed by atoms with Gasteiger partial charge in [-0.1, -0.05) is 25.1 Å². The maximum atomic E-state index is 11.1. The largest absolute Gasteiger partial charge is 0.378 e. The predicted molar refractivity (Wildman–Crippen MR) is 92.5 cm³/mol. The van der Waals surface area contributed by atoms with Gasteiger partial charge in [0, 0.05) is 41.0 Å². The van der Waals surface area contributed by atoms with Crippen LogP contribution in [0.25, 0.3) is 10.9 Å². The third kappa shape index (κ3) is 1.51. The van der Waals surface area contributed by atoms with Crippen LogP contribution in [0.1, 0.15) is 43.2 Å². The summed E-state index contributed by atoms with van der Waals surface area (Å²) in [7, 11) is 2.12. The van der Waals surface area contributed by atoms with E-state index in [1.165, 1.54) is 22.2 Å². The first-order valence-corrected chi connectivity index (χ1v) is 9.49. The topological polar surface area (TPSA) is 57.9 Å². The fraction of sp³-hybridized carbons (Fsp3) is 0.600. The van der Waals surface area contributed by atoms with Gasteiger partial charge >= 0.3 is 0 Å². The van der Waals surface area contributed by atoms with Crippen LogP contribution < -0.4 is 0 Å². The monoisotopic (exact) mass is 340 g/mol. The lowest BCUT2D eigenvalue weighted by Crippen LogP contribution is -2.67. The molecule has 2 N–H and O–H groups in total. The van der Waals surface area contributed by atoms with Crippen molar-refractivity contribution in [1.82, 2.24) is 9.47 Å². The lowest BCUT2D eigenvalue weighted by Gasteiger charge is -2.61. The molecule has 7 rings (SSSR count). The van der Waals surface area contributed by atoms with Crippen LogP contribution in [0.2, 0.25) is 0 Å². The number of hydrogen-bond acceptors (Lipinski definition) is 4. The zero-order valence-electron chi connectivity index (χ0n) is 14.5.